The number of rotatable bonds is 8. The zero-order valence-corrected chi connectivity index (χ0v) is 19.0. The van der Waals surface area contributed by atoms with E-state index in [1.165, 1.54) is 19.3 Å². The zero-order valence-electron chi connectivity index (χ0n) is 19.0. The average molecular weight is 443 g/mol. The molecular weight excluding hydrogens is 412 g/mol. The minimum atomic E-state index is -0.247. The van der Waals surface area contributed by atoms with Gasteiger partial charge in [-0.25, -0.2) is 4.98 Å². The first-order valence-electron chi connectivity index (χ1n) is 11.6. The van der Waals surface area contributed by atoms with Crippen LogP contribution in [0.4, 0.5) is 5.82 Å². The van der Waals surface area contributed by atoms with Crippen LogP contribution >= 0.6 is 0 Å². The summed E-state index contributed by atoms with van der Waals surface area (Å²) in [5.74, 6) is 0.861. The zero-order chi connectivity index (χ0) is 23.0. The third-order valence-corrected chi connectivity index (χ3v) is 6.32. The summed E-state index contributed by atoms with van der Waals surface area (Å²) in [5.41, 5.74) is 3.77. The molecule has 0 bridgehead atoms. The van der Waals surface area contributed by atoms with E-state index in [2.05, 4.69) is 26.8 Å². The van der Waals surface area contributed by atoms with Gasteiger partial charge in [0, 0.05) is 30.6 Å². The lowest BCUT2D eigenvalue weighted by atomic mass is 9.83. The summed E-state index contributed by atoms with van der Waals surface area (Å²) in [4.78, 5) is 17.7. The minimum absolute atomic E-state index is 0.0247. The van der Waals surface area contributed by atoms with Crippen LogP contribution in [0, 0.1) is 17.2 Å². The van der Waals surface area contributed by atoms with Crippen LogP contribution < -0.4 is 10.6 Å². The standard InChI is InChI=1S/C26H30N6O/c1-32-18-23(17-30-32)22-11-12-24(29-16-22)31-26(33)25(21-5-3-2-4-6-21)28-14-13-19-7-9-20(15-27)10-8-19/h7-12,16-18,21,25,28H,2-6,13-14H2,1H3,(H,29,31,33)/t25-/m0/s1. The van der Waals surface area contributed by atoms with Gasteiger partial charge in [0.05, 0.1) is 23.9 Å². The molecule has 33 heavy (non-hydrogen) atoms. The van der Waals surface area contributed by atoms with E-state index in [1.807, 2.05) is 49.6 Å². The molecule has 1 aliphatic carbocycles. The topological polar surface area (TPSA) is 95.6 Å². The second-order valence-electron chi connectivity index (χ2n) is 8.71. The van der Waals surface area contributed by atoms with Crippen molar-refractivity contribution in [3.63, 3.8) is 0 Å². The Bertz CT molecular complexity index is 1090. The highest BCUT2D eigenvalue weighted by atomic mass is 16.2. The van der Waals surface area contributed by atoms with E-state index in [1.54, 1.807) is 17.1 Å². The van der Waals surface area contributed by atoms with E-state index >= 15 is 0 Å². The van der Waals surface area contributed by atoms with Gasteiger partial charge < -0.3 is 10.6 Å². The number of benzene rings is 1. The molecule has 2 aromatic heterocycles. The van der Waals surface area contributed by atoms with Crippen molar-refractivity contribution in [2.45, 2.75) is 44.6 Å². The Labute approximate surface area is 194 Å². The van der Waals surface area contributed by atoms with Crippen LogP contribution in [0.3, 0.4) is 0 Å². The molecule has 2 N–H and O–H groups in total. The minimum Gasteiger partial charge on any atom is -0.309 e. The number of hydrogen-bond donors (Lipinski definition) is 2. The summed E-state index contributed by atoms with van der Waals surface area (Å²) in [7, 11) is 1.88. The van der Waals surface area contributed by atoms with E-state index in [-0.39, 0.29) is 11.9 Å². The maximum Gasteiger partial charge on any atom is 0.242 e. The monoisotopic (exact) mass is 442 g/mol. The Balaban J connectivity index is 1.39. The third kappa shape index (κ3) is 6.05. The highest BCUT2D eigenvalue weighted by molar-refractivity contribution is 5.94. The maximum atomic E-state index is 13.2. The Morgan fingerprint density at radius 2 is 1.91 bits per heavy atom. The maximum absolute atomic E-state index is 13.2. The first-order valence-corrected chi connectivity index (χ1v) is 11.6. The van der Waals surface area contributed by atoms with E-state index < -0.39 is 0 Å². The molecule has 7 nitrogen and oxygen atoms in total. The van der Waals surface area contributed by atoms with E-state index in [0.29, 0.717) is 23.8 Å². The average Bonchev–Trinajstić information content (AvgIpc) is 3.29. The summed E-state index contributed by atoms with van der Waals surface area (Å²) in [6.45, 7) is 0.702. The van der Waals surface area contributed by atoms with Crippen LogP contribution in [0.25, 0.3) is 11.1 Å². The fourth-order valence-electron chi connectivity index (χ4n) is 4.47. The summed E-state index contributed by atoms with van der Waals surface area (Å²) in [6.07, 6.45) is 12.0. The summed E-state index contributed by atoms with van der Waals surface area (Å²) in [6, 6.07) is 13.3. The molecule has 170 valence electrons. The lowest BCUT2D eigenvalue weighted by Gasteiger charge is -2.30. The number of aryl methyl sites for hydroxylation is 1. The number of carbonyl (C=O) groups excluding carboxylic acids is 1. The van der Waals surface area contributed by atoms with Gasteiger partial charge in [-0.05, 0) is 61.6 Å². The molecule has 1 fully saturated rings. The largest absolute Gasteiger partial charge is 0.309 e. The normalized spacial score (nSPS) is 15.0. The molecule has 1 aromatic carbocycles. The molecule has 3 aromatic rings. The van der Waals surface area contributed by atoms with Gasteiger partial charge in [-0.3, -0.25) is 9.48 Å². The van der Waals surface area contributed by atoms with Crippen molar-refractivity contribution in [3.8, 4) is 17.2 Å². The molecule has 0 radical (unpaired) electrons. The van der Waals surface area contributed by atoms with Crippen molar-refractivity contribution in [2.24, 2.45) is 13.0 Å². The second-order valence-corrected chi connectivity index (χ2v) is 8.71. The molecule has 4 rings (SSSR count). The molecule has 7 heteroatoms. The Morgan fingerprint density at radius 1 is 1.12 bits per heavy atom. The molecule has 0 spiro atoms. The predicted octanol–water partition coefficient (Wildman–Crippen LogP) is 4.07. The van der Waals surface area contributed by atoms with Crippen LogP contribution in [0.15, 0.2) is 55.0 Å². The molecule has 0 unspecified atom stereocenters. The number of carbonyl (C=O) groups is 1. The Morgan fingerprint density at radius 3 is 2.55 bits per heavy atom. The lowest BCUT2D eigenvalue weighted by Crippen LogP contribution is -2.47. The van der Waals surface area contributed by atoms with Gasteiger partial charge in [0.15, 0.2) is 0 Å². The third-order valence-electron chi connectivity index (χ3n) is 6.32. The number of nitrogens with zero attached hydrogens (tertiary/aromatic N) is 4. The molecule has 1 atom stereocenters. The van der Waals surface area contributed by atoms with Crippen molar-refractivity contribution >= 4 is 11.7 Å². The van der Waals surface area contributed by atoms with Crippen LogP contribution in [-0.2, 0) is 18.3 Å². The fourth-order valence-corrected chi connectivity index (χ4v) is 4.47. The molecule has 0 aliphatic heterocycles. The molecular formula is C26H30N6O. The second kappa shape index (κ2) is 10.9. The van der Waals surface area contributed by atoms with Crippen molar-refractivity contribution in [3.05, 3.63) is 66.1 Å². The first kappa shape index (κ1) is 22.7. The van der Waals surface area contributed by atoms with Gasteiger partial charge >= 0.3 is 0 Å². The highest BCUT2D eigenvalue weighted by Crippen LogP contribution is 2.27. The molecule has 2 heterocycles. The van der Waals surface area contributed by atoms with Gasteiger partial charge in [0.1, 0.15) is 5.82 Å². The van der Waals surface area contributed by atoms with Crippen molar-refractivity contribution < 1.29 is 4.79 Å². The molecule has 1 amide bonds. The van der Waals surface area contributed by atoms with Crippen LogP contribution in [0.5, 0.6) is 0 Å². The fraction of sp³-hybridized carbons (Fsp3) is 0.385. The first-order chi connectivity index (χ1) is 16.1. The van der Waals surface area contributed by atoms with Crippen LogP contribution in [0.2, 0.25) is 0 Å². The van der Waals surface area contributed by atoms with Crippen molar-refractivity contribution in [2.75, 3.05) is 11.9 Å². The number of amides is 1. The Kier molecular flexibility index (Phi) is 7.48. The summed E-state index contributed by atoms with van der Waals surface area (Å²) in [5, 5.41) is 19.7. The van der Waals surface area contributed by atoms with Crippen LogP contribution in [0.1, 0.15) is 43.2 Å². The van der Waals surface area contributed by atoms with Gasteiger partial charge in [-0.15, -0.1) is 0 Å². The number of pyridine rings is 1. The number of nitrogens with one attached hydrogen (secondary N) is 2. The SMILES string of the molecule is Cn1cc(-c2ccc(NC(=O)[C@@H](NCCc3ccc(C#N)cc3)C3CCCCC3)nc2)cn1. The number of anilines is 1. The number of nitriles is 1. The predicted molar refractivity (Wildman–Crippen MR) is 128 cm³/mol. The molecule has 1 saturated carbocycles. The molecule has 0 saturated heterocycles. The highest BCUT2D eigenvalue weighted by Gasteiger charge is 2.29. The van der Waals surface area contributed by atoms with Gasteiger partial charge in [0.25, 0.3) is 0 Å². The van der Waals surface area contributed by atoms with E-state index in [9.17, 15) is 4.79 Å². The lowest BCUT2D eigenvalue weighted by molar-refractivity contribution is -0.119. The summed E-state index contributed by atoms with van der Waals surface area (Å²) >= 11 is 0. The summed E-state index contributed by atoms with van der Waals surface area (Å²) < 4.78 is 1.75. The smallest absolute Gasteiger partial charge is 0.242 e. The number of aromatic nitrogens is 3. The quantitative estimate of drug-likeness (QED) is 0.548. The molecule has 1 aliphatic rings. The Hall–Kier alpha value is -3.50. The van der Waals surface area contributed by atoms with Crippen molar-refractivity contribution in [1.82, 2.24) is 20.1 Å². The van der Waals surface area contributed by atoms with Gasteiger partial charge in [0.2, 0.25) is 5.91 Å². The van der Waals surface area contributed by atoms with Gasteiger partial charge in [-0.2, -0.15) is 10.4 Å². The van der Waals surface area contributed by atoms with Crippen molar-refractivity contribution in [1.29, 1.82) is 5.26 Å². The van der Waals surface area contributed by atoms with Gasteiger partial charge in [-0.1, -0.05) is 31.4 Å². The van der Waals surface area contributed by atoms with E-state index in [0.717, 1.165) is 36.0 Å². The van der Waals surface area contributed by atoms with Crippen LogP contribution in [-0.4, -0.2) is 33.3 Å². The number of hydrogen-bond acceptors (Lipinski definition) is 5. The van der Waals surface area contributed by atoms with E-state index in [4.69, 9.17) is 5.26 Å².